The fourth-order valence-electron chi connectivity index (χ4n) is 1.80. The summed E-state index contributed by atoms with van der Waals surface area (Å²) in [5.41, 5.74) is 0.851. The number of nitrogens with one attached hydrogen (secondary N) is 2. The zero-order chi connectivity index (χ0) is 10.7. The summed E-state index contributed by atoms with van der Waals surface area (Å²) >= 11 is 3.14. The van der Waals surface area contributed by atoms with Crippen molar-refractivity contribution in [3.63, 3.8) is 0 Å². The van der Waals surface area contributed by atoms with Crippen LogP contribution in [0.2, 0.25) is 0 Å². The van der Waals surface area contributed by atoms with E-state index in [2.05, 4.69) is 26.6 Å². The Balaban J connectivity index is 2.00. The summed E-state index contributed by atoms with van der Waals surface area (Å²) in [6, 6.07) is 5.56. The Morgan fingerprint density at radius 3 is 3.00 bits per heavy atom. The molecule has 82 valence electrons. The van der Waals surface area contributed by atoms with Gasteiger partial charge < -0.3 is 10.6 Å². The van der Waals surface area contributed by atoms with Gasteiger partial charge >= 0.3 is 0 Å². The van der Waals surface area contributed by atoms with Gasteiger partial charge in [0.15, 0.2) is 0 Å². The molecule has 1 heterocycles. The van der Waals surface area contributed by atoms with Crippen molar-refractivity contribution >= 4 is 21.6 Å². The Labute approximate surface area is 97.4 Å². The number of benzene rings is 1. The van der Waals surface area contributed by atoms with Gasteiger partial charge in [-0.3, -0.25) is 0 Å². The zero-order valence-corrected chi connectivity index (χ0v) is 9.98. The molecule has 0 aromatic heterocycles. The van der Waals surface area contributed by atoms with Crippen LogP contribution in [0.4, 0.5) is 10.1 Å². The van der Waals surface area contributed by atoms with Crippen molar-refractivity contribution in [2.24, 2.45) is 0 Å². The lowest BCUT2D eigenvalue weighted by molar-refractivity contribution is 0.479. The summed E-state index contributed by atoms with van der Waals surface area (Å²) in [5, 5.41) is 6.64. The lowest BCUT2D eigenvalue weighted by atomic mass is 10.1. The van der Waals surface area contributed by atoms with E-state index in [9.17, 15) is 4.39 Å². The molecule has 0 aliphatic carbocycles. The molecule has 0 bridgehead atoms. The second kappa shape index (κ2) is 4.94. The van der Waals surface area contributed by atoms with Crippen molar-refractivity contribution in [1.29, 1.82) is 0 Å². The molecule has 0 spiro atoms. The minimum absolute atomic E-state index is 0.219. The minimum Gasteiger partial charge on any atom is -0.381 e. The molecular weight excluding hydrogens is 259 g/mol. The third-order valence-corrected chi connectivity index (χ3v) is 3.23. The second-order valence-electron chi connectivity index (χ2n) is 3.82. The molecule has 1 fully saturated rings. The molecule has 1 atom stereocenters. The molecule has 2 N–H and O–H groups in total. The maximum Gasteiger partial charge on any atom is 0.139 e. The summed E-state index contributed by atoms with van der Waals surface area (Å²) < 4.78 is 13.7. The SMILES string of the molecule is Fc1cc(NC2CCCNC2)ccc1Br. The van der Waals surface area contributed by atoms with Gasteiger partial charge in [-0.2, -0.15) is 0 Å². The molecular formula is C11H14BrFN2. The Morgan fingerprint density at radius 2 is 2.33 bits per heavy atom. The van der Waals surface area contributed by atoms with Crippen LogP contribution in [-0.4, -0.2) is 19.1 Å². The van der Waals surface area contributed by atoms with Crippen molar-refractivity contribution in [3.05, 3.63) is 28.5 Å². The number of piperidine rings is 1. The van der Waals surface area contributed by atoms with E-state index >= 15 is 0 Å². The van der Waals surface area contributed by atoms with Crippen LogP contribution in [0.15, 0.2) is 22.7 Å². The van der Waals surface area contributed by atoms with Crippen molar-refractivity contribution < 1.29 is 4.39 Å². The lowest BCUT2D eigenvalue weighted by Gasteiger charge is -2.24. The van der Waals surface area contributed by atoms with Crippen molar-refractivity contribution in [2.75, 3.05) is 18.4 Å². The van der Waals surface area contributed by atoms with E-state index in [4.69, 9.17) is 0 Å². The third-order valence-electron chi connectivity index (χ3n) is 2.59. The fraction of sp³-hybridized carbons (Fsp3) is 0.455. The second-order valence-corrected chi connectivity index (χ2v) is 4.67. The highest BCUT2D eigenvalue weighted by Gasteiger charge is 2.12. The van der Waals surface area contributed by atoms with Gasteiger partial charge in [-0.1, -0.05) is 0 Å². The summed E-state index contributed by atoms with van der Waals surface area (Å²) in [5.74, 6) is -0.219. The number of rotatable bonds is 2. The predicted molar refractivity (Wildman–Crippen MR) is 63.6 cm³/mol. The molecule has 1 aliphatic heterocycles. The van der Waals surface area contributed by atoms with Crippen LogP contribution in [0.1, 0.15) is 12.8 Å². The van der Waals surface area contributed by atoms with Crippen LogP contribution in [0, 0.1) is 5.82 Å². The topological polar surface area (TPSA) is 24.1 Å². The highest BCUT2D eigenvalue weighted by molar-refractivity contribution is 9.10. The smallest absolute Gasteiger partial charge is 0.139 e. The van der Waals surface area contributed by atoms with Crippen molar-refractivity contribution in [1.82, 2.24) is 5.32 Å². The van der Waals surface area contributed by atoms with Gasteiger partial charge in [-0.15, -0.1) is 0 Å². The number of anilines is 1. The number of halogens is 2. The van der Waals surface area contributed by atoms with Gasteiger partial charge in [0.25, 0.3) is 0 Å². The molecule has 1 aliphatic rings. The average Bonchev–Trinajstić information content (AvgIpc) is 2.25. The lowest BCUT2D eigenvalue weighted by Crippen LogP contribution is -2.38. The van der Waals surface area contributed by atoms with E-state index in [0.717, 1.165) is 25.2 Å². The van der Waals surface area contributed by atoms with Crippen LogP contribution in [0.5, 0.6) is 0 Å². The van der Waals surface area contributed by atoms with E-state index in [-0.39, 0.29) is 5.82 Å². The highest BCUT2D eigenvalue weighted by atomic mass is 79.9. The van der Waals surface area contributed by atoms with E-state index < -0.39 is 0 Å². The van der Waals surface area contributed by atoms with Crippen LogP contribution in [0.3, 0.4) is 0 Å². The first-order chi connectivity index (χ1) is 7.25. The third kappa shape index (κ3) is 2.92. The van der Waals surface area contributed by atoms with Gasteiger partial charge in [0.05, 0.1) is 4.47 Å². The molecule has 0 radical (unpaired) electrons. The number of hydrogen-bond acceptors (Lipinski definition) is 2. The predicted octanol–water partition coefficient (Wildman–Crippen LogP) is 2.75. The molecule has 2 rings (SSSR count). The Kier molecular flexibility index (Phi) is 3.59. The first-order valence-electron chi connectivity index (χ1n) is 5.18. The van der Waals surface area contributed by atoms with E-state index in [1.165, 1.54) is 12.5 Å². The molecule has 1 unspecified atom stereocenters. The van der Waals surface area contributed by atoms with Gasteiger partial charge in [-0.25, -0.2) is 4.39 Å². The van der Waals surface area contributed by atoms with Crippen LogP contribution < -0.4 is 10.6 Å². The largest absolute Gasteiger partial charge is 0.381 e. The molecule has 0 saturated carbocycles. The van der Waals surface area contributed by atoms with Gasteiger partial charge in [0, 0.05) is 18.3 Å². The van der Waals surface area contributed by atoms with Crippen LogP contribution in [0.25, 0.3) is 0 Å². The zero-order valence-electron chi connectivity index (χ0n) is 8.39. The fourth-order valence-corrected chi connectivity index (χ4v) is 2.04. The molecule has 15 heavy (non-hydrogen) atoms. The molecule has 1 aromatic rings. The van der Waals surface area contributed by atoms with E-state index in [1.807, 2.05) is 6.07 Å². The molecule has 1 saturated heterocycles. The van der Waals surface area contributed by atoms with Gasteiger partial charge in [0.1, 0.15) is 5.82 Å². The standard InChI is InChI=1S/C11H14BrFN2/c12-10-4-3-8(6-11(10)13)15-9-2-1-5-14-7-9/h3-4,6,9,14-15H,1-2,5,7H2. The van der Waals surface area contributed by atoms with E-state index in [1.54, 1.807) is 6.07 Å². The van der Waals surface area contributed by atoms with E-state index in [0.29, 0.717) is 10.5 Å². The van der Waals surface area contributed by atoms with Gasteiger partial charge in [-0.05, 0) is 53.5 Å². The highest BCUT2D eigenvalue weighted by Crippen LogP contribution is 2.20. The maximum absolute atomic E-state index is 13.2. The molecule has 2 nitrogen and oxygen atoms in total. The van der Waals surface area contributed by atoms with Crippen molar-refractivity contribution in [3.8, 4) is 0 Å². The molecule has 4 heteroatoms. The Hall–Kier alpha value is -0.610. The molecule has 0 amide bonds. The first-order valence-corrected chi connectivity index (χ1v) is 5.97. The Bertz CT molecular complexity index is 337. The normalized spacial score (nSPS) is 21.3. The quantitative estimate of drug-likeness (QED) is 0.865. The summed E-state index contributed by atoms with van der Waals surface area (Å²) in [6.07, 6.45) is 2.32. The van der Waals surface area contributed by atoms with Crippen LogP contribution in [-0.2, 0) is 0 Å². The van der Waals surface area contributed by atoms with Crippen molar-refractivity contribution in [2.45, 2.75) is 18.9 Å². The van der Waals surface area contributed by atoms with Crippen LogP contribution >= 0.6 is 15.9 Å². The summed E-state index contributed by atoms with van der Waals surface area (Å²) in [6.45, 7) is 2.05. The molecule has 1 aromatic carbocycles. The maximum atomic E-state index is 13.2. The monoisotopic (exact) mass is 272 g/mol. The summed E-state index contributed by atoms with van der Waals surface area (Å²) in [4.78, 5) is 0. The minimum atomic E-state index is -0.219. The van der Waals surface area contributed by atoms with Gasteiger partial charge in [0.2, 0.25) is 0 Å². The first kappa shape index (κ1) is 10.9. The number of hydrogen-bond donors (Lipinski definition) is 2. The Morgan fingerprint density at radius 1 is 1.47 bits per heavy atom. The summed E-state index contributed by atoms with van der Waals surface area (Å²) in [7, 11) is 0. The average molecular weight is 273 g/mol.